The van der Waals surface area contributed by atoms with E-state index in [9.17, 15) is 0 Å². The van der Waals surface area contributed by atoms with Crippen LogP contribution in [0.15, 0.2) is 215 Å². The van der Waals surface area contributed by atoms with Crippen LogP contribution in [0.1, 0.15) is 86.2 Å². The molecule has 5 aromatic rings. The molecule has 3 heteroatoms. The van der Waals surface area contributed by atoms with Gasteiger partial charge in [0.2, 0.25) is 0 Å². The largest absolute Gasteiger partial charge is 0.485 e. The second-order valence-electron chi connectivity index (χ2n) is 17.7. The van der Waals surface area contributed by atoms with Gasteiger partial charge in [-0.25, -0.2) is 0 Å². The van der Waals surface area contributed by atoms with Crippen molar-refractivity contribution in [1.29, 1.82) is 0 Å². The van der Waals surface area contributed by atoms with Crippen LogP contribution in [-0.2, 0) is 4.74 Å². The monoisotopic (exact) mass is 823 g/mol. The molecule has 306 valence electrons. The molecule has 0 saturated carbocycles. The minimum atomic E-state index is -0.00528. The van der Waals surface area contributed by atoms with Crippen LogP contribution in [-0.4, -0.2) is 11.4 Å². The molecule has 3 aliphatic carbocycles. The molecule has 1 N–H and O–H groups in total. The van der Waals surface area contributed by atoms with E-state index in [4.69, 9.17) is 4.74 Å². The maximum absolute atomic E-state index is 7.15. The van der Waals surface area contributed by atoms with Gasteiger partial charge in [0.05, 0.1) is 6.04 Å². The van der Waals surface area contributed by atoms with Crippen molar-refractivity contribution in [1.82, 2.24) is 5.32 Å². The first-order chi connectivity index (χ1) is 30.5. The number of hydrogen-bond acceptors (Lipinski definition) is 3. The highest BCUT2D eigenvalue weighted by Crippen LogP contribution is 2.56. The quantitative estimate of drug-likeness (QED) is 0.177. The average molecular weight is 824 g/mol. The van der Waals surface area contributed by atoms with Crippen LogP contribution in [0.3, 0.4) is 0 Å². The fraction of sp³-hybridized carbons (Fsp3) is 0.220. The molecular weight excluding hydrogens is 771 g/mol. The summed E-state index contributed by atoms with van der Waals surface area (Å²) >= 11 is 2.05. The van der Waals surface area contributed by atoms with E-state index >= 15 is 0 Å². The van der Waals surface area contributed by atoms with Gasteiger partial charge in [-0.05, 0) is 105 Å². The Morgan fingerprint density at radius 3 is 2.19 bits per heavy atom. The minimum Gasteiger partial charge on any atom is -0.485 e. The zero-order valence-electron chi connectivity index (χ0n) is 35.9. The van der Waals surface area contributed by atoms with Gasteiger partial charge in [-0.2, -0.15) is 0 Å². The van der Waals surface area contributed by atoms with E-state index in [2.05, 4.69) is 202 Å². The van der Waals surface area contributed by atoms with Crippen LogP contribution < -0.4 is 5.32 Å². The van der Waals surface area contributed by atoms with Gasteiger partial charge in [-0.3, -0.25) is 0 Å². The van der Waals surface area contributed by atoms with E-state index in [0.29, 0.717) is 11.2 Å². The van der Waals surface area contributed by atoms with Crippen LogP contribution in [0.4, 0.5) is 0 Å². The summed E-state index contributed by atoms with van der Waals surface area (Å²) in [5.74, 6) is 1.93. The van der Waals surface area contributed by atoms with Crippen molar-refractivity contribution in [2.24, 2.45) is 11.8 Å². The van der Waals surface area contributed by atoms with Crippen molar-refractivity contribution in [2.45, 2.75) is 74.7 Å². The zero-order valence-corrected chi connectivity index (χ0v) is 36.7. The molecule has 6 atom stereocenters. The van der Waals surface area contributed by atoms with E-state index in [1.165, 1.54) is 88.5 Å². The molecule has 0 radical (unpaired) electrons. The normalized spacial score (nSPS) is 27.4. The van der Waals surface area contributed by atoms with Gasteiger partial charge >= 0.3 is 0 Å². The smallest absolute Gasteiger partial charge is 0.129 e. The number of benzene rings is 5. The molecule has 0 bridgehead atoms. The van der Waals surface area contributed by atoms with Crippen molar-refractivity contribution < 1.29 is 4.74 Å². The summed E-state index contributed by atoms with van der Waals surface area (Å²) < 4.78 is 7.15. The molecule has 3 aliphatic heterocycles. The topological polar surface area (TPSA) is 21.3 Å². The first kappa shape index (κ1) is 38.9. The highest BCUT2D eigenvalue weighted by atomic mass is 32.2. The Morgan fingerprint density at radius 2 is 1.45 bits per heavy atom. The SMILES string of the molecule is CC/C1=C(\C2=CCCC3=C2OC2C=CC(c4cccc5c4SC4C(c6ccccc6)=CC=CC54)=CC32)NC(c2ccc(-c3ccccc3)cc2)C(C)/C(C)=C(/c2ccccc2)C1. The Bertz CT molecular complexity index is 2800. The molecule has 11 rings (SSSR count). The molecule has 0 fully saturated rings. The Morgan fingerprint density at radius 1 is 0.742 bits per heavy atom. The Hall–Kier alpha value is -6.03. The molecule has 0 amide bonds. The molecule has 6 unspecified atom stereocenters. The molecule has 3 heterocycles. The Balaban J connectivity index is 0.957. The van der Waals surface area contributed by atoms with Crippen LogP contribution in [0.25, 0.3) is 27.8 Å². The minimum absolute atomic E-state index is 0.00528. The standard InChI is InChI=1S/C59H53NOS/c1-4-39-35-52(43-21-12-7-13-22-43)37(2)38(3)55(44-31-29-41(30-32-44)40-17-8-5-9-18-40)60-56(39)51-28-16-25-48-53-36-45(33-34-54(53)61-57(48)51)47-24-15-27-50-49-26-14-23-46(58(49)62-59(47)50)42-19-10-6-11-20-42/h5-15,17-24,26-34,36,38,49,53-55,58,60H,4,16,25,35H2,1-3H3/b52-37+,56-39-. The van der Waals surface area contributed by atoms with Crippen molar-refractivity contribution >= 4 is 28.5 Å². The summed E-state index contributed by atoms with van der Waals surface area (Å²) in [6.45, 7) is 7.11. The second kappa shape index (κ2) is 16.3. The summed E-state index contributed by atoms with van der Waals surface area (Å²) in [5.41, 5.74) is 20.2. The van der Waals surface area contributed by atoms with Gasteiger partial charge < -0.3 is 10.1 Å². The van der Waals surface area contributed by atoms with Gasteiger partial charge in [0.1, 0.15) is 11.9 Å². The van der Waals surface area contributed by atoms with E-state index in [0.717, 1.165) is 31.4 Å². The lowest BCUT2D eigenvalue weighted by atomic mass is 9.78. The number of thioether (sulfide) groups is 1. The zero-order chi connectivity index (χ0) is 41.7. The van der Waals surface area contributed by atoms with E-state index < -0.39 is 0 Å². The second-order valence-corrected chi connectivity index (χ2v) is 18.8. The lowest BCUT2D eigenvalue weighted by Gasteiger charge is -2.35. The van der Waals surface area contributed by atoms with Crippen molar-refractivity contribution in [3.05, 3.63) is 238 Å². The van der Waals surface area contributed by atoms with Crippen LogP contribution in [0.2, 0.25) is 0 Å². The molecule has 2 nitrogen and oxygen atoms in total. The maximum atomic E-state index is 7.15. The van der Waals surface area contributed by atoms with Crippen LogP contribution in [0.5, 0.6) is 0 Å². The van der Waals surface area contributed by atoms with Crippen molar-refractivity contribution in [3.63, 3.8) is 0 Å². The van der Waals surface area contributed by atoms with Gasteiger partial charge in [-0.15, -0.1) is 11.8 Å². The fourth-order valence-corrected chi connectivity index (χ4v) is 12.5. The number of allylic oxidation sites excluding steroid dienone is 8. The molecule has 0 spiro atoms. The lowest BCUT2D eigenvalue weighted by molar-refractivity contribution is 0.170. The highest BCUT2D eigenvalue weighted by molar-refractivity contribution is 8.00. The summed E-state index contributed by atoms with van der Waals surface area (Å²) in [6.07, 6.45) is 20.6. The number of fused-ring (bicyclic) bond motifs is 5. The van der Waals surface area contributed by atoms with E-state index in [1.807, 2.05) is 11.8 Å². The molecular formula is C59H53NOS. The third-order valence-corrected chi connectivity index (χ3v) is 15.8. The molecule has 5 aromatic carbocycles. The number of rotatable bonds is 7. The molecule has 0 saturated heterocycles. The summed E-state index contributed by atoms with van der Waals surface area (Å²) in [5, 5.41) is 4.64. The van der Waals surface area contributed by atoms with Crippen LogP contribution >= 0.6 is 11.8 Å². The van der Waals surface area contributed by atoms with Crippen molar-refractivity contribution in [2.75, 3.05) is 0 Å². The van der Waals surface area contributed by atoms with Crippen molar-refractivity contribution in [3.8, 4) is 11.1 Å². The van der Waals surface area contributed by atoms with Gasteiger partial charge in [0, 0.05) is 39.2 Å². The molecule has 6 aliphatic rings. The van der Waals surface area contributed by atoms with Gasteiger partial charge in [0.15, 0.2) is 0 Å². The lowest BCUT2D eigenvalue weighted by Crippen LogP contribution is -2.31. The van der Waals surface area contributed by atoms with E-state index in [-0.39, 0.29) is 24.0 Å². The highest BCUT2D eigenvalue weighted by Gasteiger charge is 2.42. The fourth-order valence-electron chi connectivity index (χ4n) is 10.9. The third kappa shape index (κ3) is 6.82. The predicted octanol–water partition coefficient (Wildman–Crippen LogP) is 15.0. The number of hydrogen-bond donors (Lipinski definition) is 1. The van der Waals surface area contributed by atoms with E-state index in [1.54, 1.807) is 0 Å². The maximum Gasteiger partial charge on any atom is 0.129 e. The Labute approximate surface area is 371 Å². The first-order valence-corrected chi connectivity index (χ1v) is 23.6. The number of ether oxygens (including phenoxy) is 1. The molecule has 62 heavy (non-hydrogen) atoms. The Kier molecular flexibility index (Phi) is 10.2. The summed E-state index contributed by atoms with van der Waals surface area (Å²) in [7, 11) is 0. The average Bonchev–Trinajstić information content (AvgIpc) is 3.91. The van der Waals surface area contributed by atoms with Gasteiger partial charge in [-0.1, -0.05) is 189 Å². The van der Waals surface area contributed by atoms with Crippen LogP contribution in [0, 0.1) is 11.8 Å². The van der Waals surface area contributed by atoms with Gasteiger partial charge in [0.25, 0.3) is 0 Å². The summed E-state index contributed by atoms with van der Waals surface area (Å²) in [4.78, 5) is 1.42. The summed E-state index contributed by atoms with van der Waals surface area (Å²) in [6, 6.07) is 49.1. The predicted molar refractivity (Wildman–Crippen MR) is 260 cm³/mol. The third-order valence-electron chi connectivity index (χ3n) is 14.3. The first-order valence-electron chi connectivity index (χ1n) is 22.7. The number of nitrogens with one attached hydrogen (secondary N) is 1. The molecule has 0 aromatic heterocycles.